The first-order valence-corrected chi connectivity index (χ1v) is 16.2. The summed E-state index contributed by atoms with van der Waals surface area (Å²) in [6.45, 7) is 4.27. The number of esters is 1. The van der Waals surface area contributed by atoms with Gasteiger partial charge in [-0.25, -0.2) is 15.0 Å². The summed E-state index contributed by atoms with van der Waals surface area (Å²) in [4.78, 5) is 31.7. The average Bonchev–Trinajstić information content (AvgIpc) is 3.39. The quantitative estimate of drug-likeness (QED) is 0.281. The molecule has 0 atom stereocenters. The van der Waals surface area contributed by atoms with Gasteiger partial charge < -0.3 is 14.4 Å². The number of aliphatic imine (C=N–C) groups is 1. The molecule has 2 aromatic heterocycles. The molecule has 0 unspecified atom stereocenters. The third-order valence-electron chi connectivity index (χ3n) is 7.01. The predicted molar refractivity (Wildman–Crippen MR) is 165 cm³/mol. The summed E-state index contributed by atoms with van der Waals surface area (Å²) in [5.41, 5.74) is 3.98. The molecule has 218 valence electrons. The van der Waals surface area contributed by atoms with E-state index in [0.717, 1.165) is 66.1 Å². The van der Waals surface area contributed by atoms with E-state index in [1.54, 1.807) is 6.08 Å². The molecule has 0 spiro atoms. The van der Waals surface area contributed by atoms with Crippen LogP contribution < -0.4 is 9.64 Å². The van der Waals surface area contributed by atoms with Gasteiger partial charge in [0.1, 0.15) is 11.1 Å². The highest BCUT2D eigenvalue weighted by molar-refractivity contribution is 8.39. The second kappa shape index (κ2) is 13.1. The van der Waals surface area contributed by atoms with Gasteiger partial charge in [0.15, 0.2) is 0 Å². The topological polar surface area (TPSA) is 130 Å². The van der Waals surface area contributed by atoms with Gasteiger partial charge in [0, 0.05) is 50.3 Å². The number of methoxy groups -OCH3 is 1. The molecule has 5 rings (SSSR count). The van der Waals surface area contributed by atoms with Crippen molar-refractivity contribution >= 4 is 54.7 Å². The summed E-state index contributed by atoms with van der Waals surface area (Å²) in [7, 11) is -1.98. The fraction of sp³-hybridized carbons (Fsp3) is 0.414. The van der Waals surface area contributed by atoms with Crippen LogP contribution in [0.5, 0.6) is 5.19 Å². The summed E-state index contributed by atoms with van der Waals surface area (Å²) in [6, 6.07) is 6.02. The van der Waals surface area contributed by atoms with E-state index in [-0.39, 0.29) is 17.6 Å². The van der Waals surface area contributed by atoms with Crippen LogP contribution in [-0.2, 0) is 16.0 Å². The van der Waals surface area contributed by atoms with Gasteiger partial charge in [0.25, 0.3) is 5.19 Å². The Morgan fingerprint density at radius 2 is 2.00 bits per heavy atom. The molecule has 3 aromatic rings. The Kier molecular flexibility index (Phi) is 9.33. The second-order valence-corrected chi connectivity index (χ2v) is 12.9. The van der Waals surface area contributed by atoms with Crippen LogP contribution in [0.15, 0.2) is 53.1 Å². The number of piperidine rings is 1. The minimum atomic E-state index is -3.26. The van der Waals surface area contributed by atoms with Crippen LogP contribution >= 0.6 is 21.9 Å². The van der Waals surface area contributed by atoms with Crippen molar-refractivity contribution < 1.29 is 23.4 Å². The minimum absolute atomic E-state index is 0.0386. The molecule has 2 aliphatic rings. The third kappa shape index (κ3) is 7.31. The molecule has 1 saturated heterocycles. The summed E-state index contributed by atoms with van der Waals surface area (Å²) < 4.78 is 33.1. The van der Waals surface area contributed by atoms with Gasteiger partial charge in [-0.05, 0) is 47.8 Å². The molecule has 4 heterocycles. The molecular weight excluding hydrogens is 562 g/mol. The molecule has 2 N–H and O–H groups in total. The normalized spacial score (nSPS) is 17.0. The highest BCUT2D eigenvalue weighted by atomic mass is 32.3. The number of hydrogen-bond acceptors (Lipinski definition) is 11. The number of hydrogen-bond donors (Lipinski definition) is 2. The van der Waals surface area contributed by atoms with E-state index in [1.807, 2.05) is 24.5 Å². The number of dihydropyridines is 1. The lowest BCUT2D eigenvalue weighted by Gasteiger charge is -2.31. The maximum absolute atomic E-state index is 11.3. The minimum Gasteiger partial charge on any atom is -0.469 e. The van der Waals surface area contributed by atoms with E-state index >= 15 is 0 Å². The van der Waals surface area contributed by atoms with E-state index in [4.69, 9.17) is 9.72 Å². The first-order chi connectivity index (χ1) is 19.8. The first-order valence-electron chi connectivity index (χ1n) is 13.7. The molecular formula is C29H35N5O5S2. The third-order valence-corrected chi connectivity index (χ3v) is 9.36. The zero-order valence-corrected chi connectivity index (χ0v) is 24.9. The maximum Gasteiger partial charge on any atom is 0.309 e. The lowest BCUT2D eigenvalue weighted by molar-refractivity contribution is -0.139. The Morgan fingerprint density at radius 1 is 1.22 bits per heavy atom. The fourth-order valence-corrected chi connectivity index (χ4v) is 6.81. The lowest BCUT2D eigenvalue weighted by Crippen LogP contribution is -2.39. The van der Waals surface area contributed by atoms with Crippen molar-refractivity contribution in [3.63, 3.8) is 0 Å². The first kappa shape index (κ1) is 29.2. The zero-order chi connectivity index (χ0) is 28.8. The van der Waals surface area contributed by atoms with Gasteiger partial charge in [0.2, 0.25) is 5.95 Å². The molecule has 1 fully saturated rings. The molecule has 0 bridgehead atoms. The van der Waals surface area contributed by atoms with Gasteiger partial charge >= 0.3 is 5.97 Å². The highest BCUT2D eigenvalue weighted by Crippen LogP contribution is 2.45. The number of ether oxygens (including phenoxy) is 2. The van der Waals surface area contributed by atoms with Crippen molar-refractivity contribution in [2.75, 3.05) is 31.6 Å². The van der Waals surface area contributed by atoms with Gasteiger partial charge in [-0.3, -0.25) is 18.9 Å². The van der Waals surface area contributed by atoms with Crippen molar-refractivity contribution in [2.45, 2.75) is 51.6 Å². The standard InChI is InChI=1S/C29H35N5O5S2/c1-3-5-20-18-31-28(32-19-20)34-13-10-23(11-14-34)39-29-33-24-8-7-21(16-25(24)40-29)22-9-12-30-26(17-22)41(36,37)15-4-6-27(35)38-2/h4,7-8,15-19,23,36-37H,3,5-6,9-14H2,1-2H3. The zero-order valence-electron chi connectivity index (χ0n) is 23.2. The summed E-state index contributed by atoms with van der Waals surface area (Å²) in [6.07, 6.45) is 11.5. The number of aromatic nitrogens is 3. The van der Waals surface area contributed by atoms with Crippen molar-refractivity contribution in [3.05, 3.63) is 59.3 Å². The van der Waals surface area contributed by atoms with Gasteiger partial charge in [0.05, 0.1) is 23.7 Å². The Hall–Kier alpha value is -3.32. The Morgan fingerprint density at radius 3 is 2.73 bits per heavy atom. The molecule has 1 aromatic carbocycles. The Bertz CT molecular complexity index is 1460. The average molecular weight is 598 g/mol. The van der Waals surface area contributed by atoms with E-state index in [9.17, 15) is 13.9 Å². The van der Waals surface area contributed by atoms with E-state index in [1.165, 1.54) is 35.5 Å². The monoisotopic (exact) mass is 597 g/mol. The van der Waals surface area contributed by atoms with E-state index in [0.29, 0.717) is 18.2 Å². The van der Waals surface area contributed by atoms with Crippen LogP contribution in [-0.4, -0.2) is 67.9 Å². The number of carbonyl (C=O) groups excluding carboxylic acids is 1. The highest BCUT2D eigenvalue weighted by Gasteiger charge is 2.24. The van der Waals surface area contributed by atoms with E-state index in [2.05, 4.69) is 37.6 Å². The van der Waals surface area contributed by atoms with Crippen LogP contribution in [0.3, 0.4) is 0 Å². The van der Waals surface area contributed by atoms with Gasteiger partial charge in [-0.15, -0.1) is 10.6 Å². The van der Waals surface area contributed by atoms with Crippen LogP contribution in [0.4, 0.5) is 5.95 Å². The van der Waals surface area contributed by atoms with Crippen LogP contribution in [0.25, 0.3) is 15.8 Å². The number of aryl methyl sites for hydroxylation is 1. The van der Waals surface area contributed by atoms with Gasteiger partial charge in [-0.1, -0.05) is 36.8 Å². The Balaban J connectivity index is 1.21. The molecule has 0 saturated carbocycles. The summed E-state index contributed by atoms with van der Waals surface area (Å²) in [5, 5.41) is 2.10. The number of anilines is 1. The molecule has 0 radical (unpaired) electrons. The number of carbonyl (C=O) groups is 1. The second-order valence-electron chi connectivity index (χ2n) is 9.99. The lowest BCUT2D eigenvalue weighted by atomic mass is 10.0. The maximum atomic E-state index is 11.3. The largest absolute Gasteiger partial charge is 0.469 e. The number of benzene rings is 1. The van der Waals surface area contributed by atoms with Gasteiger partial charge in [-0.2, -0.15) is 0 Å². The molecule has 10 nitrogen and oxygen atoms in total. The molecule has 12 heteroatoms. The Labute approximate surface area is 245 Å². The number of rotatable bonds is 9. The van der Waals surface area contributed by atoms with Crippen molar-refractivity contribution in [1.29, 1.82) is 0 Å². The van der Waals surface area contributed by atoms with Crippen LogP contribution in [0.1, 0.15) is 50.2 Å². The SMILES string of the molecule is CCCc1cnc(N2CCC(Oc3nc4ccc(C5=CC(S(O)(O)C=CCC(=O)OC)=NCC5)cc4s3)CC2)nc1. The molecule has 0 aliphatic carbocycles. The predicted octanol–water partition coefficient (Wildman–Crippen LogP) is 6.10. The van der Waals surface area contributed by atoms with Crippen molar-refractivity contribution in [2.24, 2.45) is 4.99 Å². The fourth-order valence-electron chi connectivity index (χ4n) is 4.79. The number of fused-ring (bicyclic) bond motifs is 1. The van der Waals surface area contributed by atoms with E-state index < -0.39 is 16.6 Å². The van der Waals surface area contributed by atoms with Crippen molar-refractivity contribution in [1.82, 2.24) is 15.0 Å². The van der Waals surface area contributed by atoms with Crippen LogP contribution in [0, 0.1) is 0 Å². The van der Waals surface area contributed by atoms with Crippen molar-refractivity contribution in [3.8, 4) is 5.19 Å². The number of nitrogens with zero attached hydrogens (tertiary/aromatic N) is 5. The molecule has 2 aliphatic heterocycles. The van der Waals surface area contributed by atoms with Crippen LogP contribution in [0.2, 0.25) is 0 Å². The summed E-state index contributed by atoms with van der Waals surface area (Å²) in [5.74, 6) is 0.326. The molecule has 41 heavy (non-hydrogen) atoms. The smallest absolute Gasteiger partial charge is 0.309 e. The summed E-state index contributed by atoms with van der Waals surface area (Å²) >= 11 is 1.52. The number of thiazole rings is 1. The molecule has 0 amide bonds.